The molecular weight excluding hydrogens is 427 g/mol. The summed E-state index contributed by atoms with van der Waals surface area (Å²) in [6.07, 6.45) is 41.3. The smallest absolute Gasteiger partial charge is 0.0199 e. The van der Waals surface area contributed by atoms with Gasteiger partial charge in [-0.3, -0.25) is 0 Å². The van der Waals surface area contributed by atoms with Gasteiger partial charge in [-0.1, -0.05) is 135 Å². The summed E-state index contributed by atoms with van der Waals surface area (Å²) in [7, 11) is 2.91. The Balaban J connectivity index is 2.82. The minimum atomic E-state index is 0.825. The summed E-state index contributed by atoms with van der Waals surface area (Å²) in [4.78, 5) is 0. The van der Waals surface area contributed by atoms with Crippen LogP contribution in [0.5, 0.6) is 0 Å². The largest absolute Gasteiger partial charge is 0.138 e. The molecule has 0 aromatic carbocycles. The molecule has 0 aromatic heterocycles. The van der Waals surface area contributed by atoms with E-state index in [0.717, 1.165) is 23.7 Å². The number of hydrogen-bond donors (Lipinski definition) is 0. The molecule has 5 unspecified atom stereocenters. The lowest BCUT2D eigenvalue weighted by Gasteiger charge is -2.40. The van der Waals surface area contributed by atoms with Gasteiger partial charge in [-0.15, -0.1) is 9.24 Å². The molecule has 1 aliphatic carbocycles. The van der Waals surface area contributed by atoms with Gasteiger partial charge < -0.3 is 0 Å². The van der Waals surface area contributed by atoms with Gasteiger partial charge >= 0.3 is 0 Å². The Bertz CT molecular complexity index is 479. The maximum atomic E-state index is 2.91. The van der Waals surface area contributed by atoms with Crippen molar-refractivity contribution in [3.05, 3.63) is 24.3 Å². The highest BCUT2D eigenvalue weighted by molar-refractivity contribution is 7.16. The Morgan fingerprint density at radius 3 is 1.65 bits per heavy atom. The van der Waals surface area contributed by atoms with Gasteiger partial charge in [0.15, 0.2) is 0 Å². The molecule has 0 heterocycles. The van der Waals surface area contributed by atoms with Crippen molar-refractivity contribution in [1.82, 2.24) is 0 Å². The van der Waals surface area contributed by atoms with E-state index < -0.39 is 0 Å². The fourth-order valence-corrected chi connectivity index (χ4v) is 6.44. The fraction of sp³-hybridized carbons (Fsp3) is 0.879. The Morgan fingerprint density at radius 1 is 0.529 bits per heavy atom. The Hall–Kier alpha value is -0.0900. The molecule has 1 rings (SSSR count). The molecule has 200 valence electrons. The monoisotopic (exact) mass is 490 g/mol. The van der Waals surface area contributed by atoms with Crippen molar-refractivity contribution in [3.63, 3.8) is 0 Å². The molecule has 1 aliphatic rings. The van der Waals surface area contributed by atoms with E-state index in [-0.39, 0.29) is 0 Å². The summed E-state index contributed by atoms with van der Waals surface area (Å²) >= 11 is 0. The Morgan fingerprint density at radius 2 is 1.03 bits per heavy atom. The normalized spacial score (nSPS) is 22.7. The van der Waals surface area contributed by atoms with Gasteiger partial charge in [0.2, 0.25) is 0 Å². The third-order valence-electron chi connectivity index (χ3n) is 8.33. The Labute approximate surface area is 218 Å². The molecule has 0 bridgehead atoms. The van der Waals surface area contributed by atoms with Crippen LogP contribution in [-0.2, 0) is 0 Å². The van der Waals surface area contributed by atoms with Crippen LogP contribution in [0.3, 0.4) is 0 Å². The van der Waals surface area contributed by atoms with Crippen LogP contribution in [0.25, 0.3) is 0 Å². The summed E-state index contributed by atoms with van der Waals surface area (Å²) in [6.45, 7) is 6.98. The molecule has 0 amide bonds. The van der Waals surface area contributed by atoms with Crippen molar-refractivity contribution >= 4 is 9.24 Å². The lowest BCUT2D eigenvalue weighted by atomic mass is 9.65. The standard InChI is InChI=1S/C33H63P/c1-4-7-10-13-15-20-25-32-30(23-18-12-9-6-3)27-28-31(24-19-14-11-8-5-2)33(32)26-21-16-17-22-29-34/h15,20,27-28,30-33H,4-14,16-19,21-26,29,34H2,1-3H3/b20-15+. The summed E-state index contributed by atoms with van der Waals surface area (Å²) in [5.74, 6) is 3.47. The second kappa shape index (κ2) is 23.3. The molecule has 0 aliphatic heterocycles. The molecule has 1 heteroatoms. The van der Waals surface area contributed by atoms with Gasteiger partial charge in [-0.25, -0.2) is 0 Å². The second-order valence-electron chi connectivity index (χ2n) is 11.3. The average molecular weight is 491 g/mol. The highest BCUT2D eigenvalue weighted by atomic mass is 31.0. The first-order chi connectivity index (χ1) is 16.8. The minimum absolute atomic E-state index is 0.825. The summed E-state index contributed by atoms with van der Waals surface area (Å²) in [5.41, 5.74) is 0. The SMILES string of the molecule is CCCCC/C=C/CC1C(CCCCCC)C=CC(CCCCCCC)C1CCCCCCP. The highest BCUT2D eigenvalue weighted by Gasteiger charge is 2.34. The number of unbranched alkanes of at least 4 members (excludes halogenated alkanes) is 13. The van der Waals surface area contributed by atoms with Gasteiger partial charge in [-0.2, -0.15) is 0 Å². The van der Waals surface area contributed by atoms with Gasteiger partial charge in [0.05, 0.1) is 0 Å². The molecule has 0 saturated carbocycles. The molecule has 0 aromatic rings. The van der Waals surface area contributed by atoms with Crippen LogP contribution < -0.4 is 0 Å². The lowest BCUT2D eigenvalue weighted by Crippen LogP contribution is -2.31. The molecule has 0 nitrogen and oxygen atoms in total. The third-order valence-corrected chi connectivity index (χ3v) is 8.74. The first-order valence-corrected chi connectivity index (χ1v) is 16.6. The highest BCUT2D eigenvalue weighted by Crippen LogP contribution is 2.44. The van der Waals surface area contributed by atoms with Crippen LogP contribution in [0, 0.1) is 23.7 Å². The van der Waals surface area contributed by atoms with E-state index in [1.165, 1.54) is 141 Å². The summed E-state index contributed by atoms with van der Waals surface area (Å²) in [5, 5.41) is 0. The summed E-state index contributed by atoms with van der Waals surface area (Å²) < 4.78 is 0. The van der Waals surface area contributed by atoms with E-state index in [4.69, 9.17) is 0 Å². The molecular formula is C33H63P. The van der Waals surface area contributed by atoms with Crippen molar-refractivity contribution in [3.8, 4) is 0 Å². The first-order valence-electron chi connectivity index (χ1n) is 15.8. The van der Waals surface area contributed by atoms with Gasteiger partial charge in [0.1, 0.15) is 0 Å². The van der Waals surface area contributed by atoms with E-state index in [1.54, 1.807) is 0 Å². The van der Waals surface area contributed by atoms with E-state index >= 15 is 0 Å². The lowest BCUT2D eigenvalue weighted by molar-refractivity contribution is 0.160. The topological polar surface area (TPSA) is 0 Å². The molecule has 0 N–H and O–H groups in total. The molecule has 0 radical (unpaired) electrons. The zero-order valence-electron chi connectivity index (χ0n) is 23.8. The van der Waals surface area contributed by atoms with Crippen molar-refractivity contribution in [2.75, 3.05) is 6.16 Å². The molecule has 5 atom stereocenters. The minimum Gasteiger partial charge on any atom is -0.138 e. The van der Waals surface area contributed by atoms with E-state index in [9.17, 15) is 0 Å². The maximum Gasteiger partial charge on any atom is -0.0199 e. The van der Waals surface area contributed by atoms with Crippen molar-refractivity contribution in [2.45, 2.75) is 156 Å². The van der Waals surface area contributed by atoms with E-state index in [2.05, 4.69) is 54.3 Å². The van der Waals surface area contributed by atoms with Crippen LogP contribution in [-0.4, -0.2) is 6.16 Å². The van der Waals surface area contributed by atoms with Gasteiger partial charge in [-0.05, 0) is 74.8 Å². The molecule has 0 fully saturated rings. The second-order valence-corrected chi connectivity index (χ2v) is 11.9. The predicted molar refractivity (Wildman–Crippen MR) is 161 cm³/mol. The Kier molecular flexibility index (Phi) is 21.9. The van der Waals surface area contributed by atoms with Crippen LogP contribution in [0.15, 0.2) is 24.3 Å². The van der Waals surface area contributed by atoms with Crippen molar-refractivity contribution < 1.29 is 0 Å². The zero-order chi connectivity index (χ0) is 24.7. The number of hydrogen-bond acceptors (Lipinski definition) is 0. The molecule has 0 saturated heterocycles. The predicted octanol–water partition coefficient (Wildman–Crippen LogP) is 11.7. The first kappa shape index (κ1) is 31.9. The van der Waals surface area contributed by atoms with Gasteiger partial charge in [0, 0.05) is 0 Å². The van der Waals surface area contributed by atoms with Crippen molar-refractivity contribution in [1.29, 1.82) is 0 Å². The van der Waals surface area contributed by atoms with E-state index in [0.29, 0.717) is 0 Å². The van der Waals surface area contributed by atoms with Gasteiger partial charge in [0.25, 0.3) is 0 Å². The quantitative estimate of drug-likeness (QED) is 0.0758. The van der Waals surface area contributed by atoms with Crippen molar-refractivity contribution in [2.24, 2.45) is 23.7 Å². The fourth-order valence-electron chi connectivity index (χ4n) is 6.16. The van der Waals surface area contributed by atoms with E-state index in [1.807, 2.05) is 0 Å². The number of rotatable bonds is 23. The van der Waals surface area contributed by atoms with Crippen LogP contribution >= 0.6 is 9.24 Å². The molecule has 0 spiro atoms. The zero-order valence-corrected chi connectivity index (χ0v) is 24.9. The van der Waals surface area contributed by atoms with Crippen LogP contribution in [0.2, 0.25) is 0 Å². The summed E-state index contributed by atoms with van der Waals surface area (Å²) in [6, 6.07) is 0. The van der Waals surface area contributed by atoms with Crippen LogP contribution in [0.4, 0.5) is 0 Å². The molecule has 34 heavy (non-hydrogen) atoms. The third kappa shape index (κ3) is 15.1. The van der Waals surface area contributed by atoms with Crippen LogP contribution in [0.1, 0.15) is 156 Å². The average Bonchev–Trinajstić information content (AvgIpc) is 2.85. The number of allylic oxidation sites excluding steroid dienone is 4. The maximum absolute atomic E-state index is 2.91.